The van der Waals surface area contributed by atoms with Crippen LogP contribution in [0.4, 0.5) is 0 Å². The van der Waals surface area contributed by atoms with E-state index >= 15 is 0 Å². The van der Waals surface area contributed by atoms with E-state index in [1.807, 2.05) is 0 Å². The van der Waals surface area contributed by atoms with Crippen molar-refractivity contribution in [3.05, 3.63) is 119 Å². The first-order valence-corrected chi connectivity index (χ1v) is 11.9. The van der Waals surface area contributed by atoms with Gasteiger partial charge < -0.3 is 4.74 Å². The number of benzene rings is 5. The van der Waals surface area contributed by atoms with E-state index in [2.05, 4.69) is 112 Å². The van der Waals surface area contributed by atoms with Gasteiger partial charge in [-0.2, -0.15) is 0 Å². The molecular formula is C32H28O. The third-order valence-electron chi connectivity index (χ3n) is 6.86. The van der Waals surface area contributed by atoms with Gasteiger partial charge in [-0.15, -0.1) is 0 Å². The van der Waals surface area contributed by atoms with Gasteiger partial charge in [0.05, 0.1) is 0 Å². The third-order valence-corrected chi connectivity index (χ3v) is 6.86. The Balaban J connectivity index is 1.65. The van der Waals surface area contributed by atoms with Gasteiger partial charge in [0.2, 0.25) is 0 Å². The first kappa shape index (κ1) is 20.1. The van der Waals surface area contributed by atoms with Crippen LogP contribution < -0.4 is 4.74 Å². The molecule has 1 nitrogen and oxygen atoms in total. The van der Waals surface area contributed by atoms with E-state index in [1.165, 1.54) is 49.4 Å². The molecule has 0 N–H and O–H groups in total. The number of hydrogen-bond acceptors (Lipinski definition) is 1. The molecule has 0 saturated carbocycles. The summed E-state index contributed by atoms with van der Waals surface area (Å²) in [5.41, 5.74) is 6.53. The van der Waals surface area contributed by atoms with Gasteiger partial charge in [-0.1, -0.05) is 98.3 Å². The van der Waals surface area contributed by atoms with Gasteiger partial charge in [-0.3, -0.25) is 0 Å². The second-order valence-electron chi connectivity index (χ2n) is 9.78. The van der Waals surface area contributed by atoms with Crippen LogP contribution in [0.2, 0.25) is 0 Å². The van der Waals surface area contributed by atoms with Crippen LogP contribution in [0.25, 0.3) is 21.5 Å². The summed E-state index contributed by atoms with van der Waals surface area (Å²) in [6, 6.07) is 33.4. The van der Waals surface area contributed by atoms with Crippen LogP contribution in [0.1, 0.15) is 47.6 Å². The van der Waals surface area contributed by atoms with Gasteiger partial charge in [0.25, 0.3) is 0 Å². The minimum absolute atomic E-state index is 0.120. The largest absolute Gasteiger partial charge is 0.457 e. The monoisotopic (exact) mass is 428 g/mol. The molecular weight excluding hydrogens is 400 g/mol. The minimum atomic E-state index is 0.120. The van der Waals surface area contributed by atoms with E-state index < -0.39 is 0 Å². The number of ether oxygens (including phenoxy) is 1. The van der Waals surface area contributed by atoms with Crippen LogP contribution in [0.3, 0.4) is 0 Å². The Morgan fingerprint density at radius 3 is 2.09 bits per heavy atom. The summed E-state index contributed by atoms with van der Waals surface area (Å²) in [6.45, 7) is 6.71. The lowest BCUT2D eigenvalue weighted by molar-refractivity contribution is 0.456. The van der Waals surface area contributed by atoms with Crippen LogP contribution in [-0.4, -0.2) is 0 Å². The molecule has 5 aromatic rings. The highest BCUT2D eigenvalue weighted by atomic mass is 16.5. The van der Waals surface area contributed by atoms with E-state index in [9.17, 15) is 0 Å². The zero-order chi connectivity index (χ0) is 22.5. The average molecular weight is 429 g/mol. The first-order valence-electron chi connectivity index (χ1n) is 11.9. The van der Waals surface area contributed by atoms with Crippen LogP contribution in [0, 0.1) is 12.8 Å². The molecule has 0 saturated heterocycles. The highest BCUT2D eigenvalue weighted by Crippen LogP contribution is 2.52. The Hall–Kier alpha value is -3.58. The first-order chi connectivity index (χ1) is 16.1. The fourth-order valence-electron chi connectivity index (χ4n) is 5.42. The van der Waals surface area contributed by atoms with Crippen molar-refractivity contribution in [2.24, 2.45) is 5.92 Å². The lowest BCUT2D eigenvalue weighted by Gasteiger charge is -2.31. The summed E-state index contributed by atoms with van der Waals surface area (Å²) in [7, 11) is 0. The van der Waals surface area contributed by atoms with Crippen molar-refractivity contribution in [2.75, 3.05) is 0 Å². The lowest BCUT2D eigenvalue weighted by Crippen LogP contribution is -2.13. The van der Waals surface area contributed by atoms with Crippen LogP contribution in [0.15, 0.2) is 91.0 Å². The predicted octanol–water partition coefficient (Wildman–Crippen LogP) is 8.79. The molecule has 0 radical (unpaired) electrons. The molecule has 1 atom stereocenters. The molecule has 1 unspecified atom stereocenters. The molecule has 0 bridgehead atoms. The van der Waals surface area contributed by atoms with E-state index in [1.54, 1.807) is 0 Å². The smallest absolute Gasteiger partial charge is 0.132 e. The molecule has 1 heteroatoms. The van der Waals surface area contributed by atoms with E-state index in [0.29, 0.717) is 5.92 Å². The molecule has 162 valence electrons. The van der Waals surface area contributed by atoms with Gasteiger partial charge >= 0.3 is 0 Å². The summed E-state index contributed by atoms with van der Waals surface area (Å²) in [5, 5.41) is 5.05. The molecule has 1 aliphatic heterocycles. The normalized spacial score (nSPS) is 14.8. The fraction of sp³-hybridized carbons (Fsp3) is 0.188. The lowest BCUT2D eigenvalue weighted by atomic mass is 9.78. The molecule has 0 aliphatic carbocycles. The Morgan fingerprint density at radius 1 is 0.697 bits per heavy atom. The molecule has 6 rings (SSSR count). The number of fused-ring (bicyclic) bond motifs is 6. The van der Waals surface area contributed by atoms with Crippen molar-refractivity contribution in [1.82, 2.24) is 0 Å². The second kappa shape index (κ2) is 7.78. The maximum Gasteiger partial charge on any atom is 0.132 e. The van der Waals surface area contributed by atoms with Gasteiger partial charge in [-0.05, 0) is 64.1 Å². The van der Waals surface area contributed by atoms with E-state index in [4.69, 9.17) is 4.74 Å². The summed E-state index contributed by atoms with van der Waals surface area (Å²) in [6.07, 6.45) is 1.10. The molecule has 33 heavy (non-hydrogen) atoms. The Morgan fingerprint density at radius 2 is 1.36 bits per heavy atom. The molecule has 1 heterocycles. The number of rotatable bonds is 3. The van der Waals surface area contributed by atoms with Crippen molar-refractivity contribution in [2.45, 2.75) is 33.1 Å². The Labute approximate surface area is 195 Å². The third kappa shape index (κ3) is 3.40. The molecule has 0 amide bonds. The summed E-state index contributed by atoms with van der Waals surface area (Å²) in [4.78, 5) is 0. The topological polar surface area (TPSA) is 9.23 Å². The molecule has 5 aromatic carbocycles. The highest BCUT2D eigenvalue weighted by molar-refractivity contribution is 5.95. The summed E-state index contributed by atoms with van der Waals surface area (Å²) >= 11 is 0. The molecule has 0 spiro atoms. The minimum Gasteiger partial charge on any atom is -0.457 e. The van der Waals surface area contributed by atoms with E-state index in [0.717, 1.165) is 17.9 Å². The zero-order valence-corrected chi connectivity index (χ0v) is 19.4. The van der Waals surface area contributed by atoms with Crippen molar-refractivity contribution in [3.8, 4) is 11.5 Å². The second-order valence-corrected chi connectivity index (χ2v) is 9.78. The van der Waals surface area contributed by atoms with Crippen LogP contribution in [-0.2, 0) is 6.42 Å². The van der Waals surface area contributed by atoms with Crippen molar-refractivity contribution in [3.63, 3.8) is 0 Å². The Kier molecular flexibility index (Phi) is 4.73. The molecule has 0 aromatic heterocycles. The van der Waals surface area contributed by atoms with Crippen LogP contribution >= 0.6 is 0 Å². The van der Waals surface area contributed by atoms with Gasteiger partial charge in [-0.25, -0.2) is 0 Å². The van der Waals surface area contributed by atoms with Crippen molar-refractivity contribution in [1.29, 1.82) is 0 Å². The maximum atomic E-state index is 6.55. The molecule has 1 aliphatic rings. The molecule has 0 fully saturated rings. The zero-order valence-electron chi connectivity index (χ0n) is 19.4. The van der Waals surface area contributed by atoms with E-state index in [-0.39, 0.29) is 5.92 Å². The quantitative estimate of drug-likeness (QED) is 0.274. The van der Waals surface area contributed by atoms with Gasteiger partial charge in [0.15, 0.2) is 0 Å². The number of hydrogen-bond donors (Lipinski definition) is 0. The standard InChI is InChI=1S/C32H28O/c1-20(2)18-22-9-11-24(12-10-22)30-31-26-7-5-4-6-23(26)13-16-28(31)33-29-17-14-25-19-21(3)8-15-27(25)32(29)30/h4-17,19-20,30H,18H2,1-3H3. The fourth-order valence-corrected chi connectivity index (χ4v) is 5.42. The number of aryl methyl sites for hydroxylation is 1. The highest BCUT2D eigenvalue weighted by Gasteiger charge is 2.32. The predicted molar refractivity (Wildman–Crippen MR) is 139 cm³/mol. The summed E-state index contributed by atoms with van der Waals surface area (Å²) in [5.74, 6) is 2.69. The average Bonchev–Trinajstić information content (AvgIpc) is 2.82. The maximum absolute atomic E-state index is 6.55. The van der Waals surface area contributed by atoms with Gasteiger partial charge in [0.1, 0.15) is 11.5 Å². The SMILES string of the molecule is Cc1ccc2c3c(ccc2c1)Oc1ccc2ccccc2c1C3c1ccc(CC(C)C)cc1. The Bertz CT molecular complexity index is 1490. The van der Waals surface area contributed by atoms with Crippen molar-refractivity contribution >= 4 is 21.5 Å². The van der Waals surface area contributed by atoms with Crippen molar-refractivity contribution < 1.29 is 4.74 Å². The van der Waals surface area contributed by atoms with Crippen LogP contribution in [0.5, 0.6) is 11.5 Å². The van der Waals surface area contributed by atoms with Gasteiger partial charge in [0, 0.05) is 17.0 Å². The summed E-state index contributed by atoms with van der Waals surface area (Å²) < 4.78 is 6.55.